The number of nitrogens with zero attached hydrogens (tertiary/aromatic N) is 5. The maximum atomic E-state index is 9.40. The van der Waals surface area contributed by atoms with Crippen LogP contribution in [0.2, 0.25) is 0 Å². The number of hydrogen-bond donors (Lipinski definition) is 1. The van der Waals surface area contributed by atoms with Gasteiger partial charge in [-0.25, -0.2) is 19.9 Å². The molecule has 0 aliphatic heterocycles. The van der Waals surface area contributed by atoms with E-state index in [0.29, 0.717) is 35.3 Å². The standard InChI is InChI=1S/C20H26N6/c1-5-17-15(9-22-12-25-17)11-24-19-23-10-14(8-21)18(26-19)7-16-6-13(2)20(16,3)4/h9-10,12-13,16H,5-7,11H2,1-4H3,(H,23,24,26)/t13-,16-/m1/s1. The first-order valence-electron chi connectivity index (χ1n) is 9.23. The Morgan fingerprint density at radius 2 is 2.08 bits per heavy atom. The van der Waals surface area contributed by atoms with Crippen molar-refractivity contribution in [3.8, 4) is 6.07 Å². The van der Waals surface area contributed by atoms with Crippen LogP contribution in [0.25, 0.3) is 0 Å². The summed E-state index contributed by atoms with van der Waals surface area (Å²) in [5.74, 6) is 1.82. The first-order chi connectivity index (χ1) is 12.5. The molecule has 1 fully saturated rings. The summed E-state index contributed by atoms with van der Waals surface area (Å²) < 4.78 is 0. The molecule has 0 spiro atoms. The number of rotatable bonds is 6. The van der Waals surface area contributed by atoms with Crippen molar-refractivity contribution < 1.29 is 0 Å². The van der Waals surface area contributed by atoms with Crippen LogP contribution in [0.4, 0.5) is 5.95 Å². The molecule has 2 atom stereocenters. The van der Waals surface area contributed by atoms with Gasteiger partial charge in [-0.15, -0.1) is 0 Å². The lowest BCUT2D eigenvalue weighted by molar-refractivity contribution is -0.00772. The van der Waals surface area contributed by atoms with Crippen LogP contribution >= 0.6 is 0 Å². The van der Waals surface area contributed by atoms with Gasteiger partial charge in [0, 0.05) is 24.0 Å². The van der Waals surface area contributed by atoms with Gasteiger partial charge in [0.05, 0.1) is 17.5 Å². The monoisotopic (exact) mass is 350 g/mol. The molecule has 2 heterocycles. The van der Waals surface area contributed by atoms with Gasteiger partial charge in [0.15, 0.2) is 0 Å². The molecule has 0 bridgehead atoms. The third-order valence-corrected chi connectivity index (χ3v) is 6.04. The van der Waals surface area contributed by atoms with Crippen LogP contribution < -0.4 is 5.32 Å². The van der Waals surface area contributed by atoms with Gasteiger partial charge in [-0.05, 0) is 36.5 Å². The average molecular weight is 350 g/mol. The van der Waals surface area contributed by atoms with Crippen LogP contribution in [0.5, 0.6) is 0 Å². The van der Waals surface area contributed by atoms with Gasteiger partial charge in [0.1, 0.15) is 12.4 Å². The third kappa shape index (κ3) is 3.52. The van der Waals surface area contributed by atoms with E-state index in [-0.39, 0.29) is 0 Å². The lowest BCUT2D eigenvalue weighted by Gasteiger charge is -2.51. The Kier molecular flexibility index (Phi) is 5.17. The van der Waals surface area contributed by atoms with Crippen LogP contribution in [0.3, 0.4) is 0 Å². The van der Waals surface area contributed by atoms with Gasteiger partial charge in [-0.1, -0.05) is 27.7 Å². The van der Waals surface area contributed by atoms with Gasteiger partial charge in [0.2, 0.25) is 5.95 Å². The van der Waals surface area contributed by atoms with Crippen molar-refractivity contribution >= 4 is 5.95 Å². The fourth-order valence-corrected chi connectivity index (χ4v) is 3.63. The predicted octanol–water partition coefficient (Wildman–Crippen LogP) is 3.54. The number of aromatic nitrogens is 4. The zero-order valence-electron chi connectivity index (χ0n) is 16.0. The second-order valence-electron chi connectivity index (χ2n) is 7.73. The zero-order chi connectivity index (χ0) is 18.7. The van der Waals surface area contributed by atoms with E-state index in [2.05, 4.69) is 59.0 Å². The Bertz CT molecular complexity index is 823. The van der Waals surface area contributed by atoms with Crippen LogP contribution in [0.1, 0.15) is 56.6 Å². The molecule has 0 amide bonds. The second-order valence-corrected chi connectivity index (χ2v) is 7.73. The van der Waals surface area contributed by atoms with Gasteiger partial charge >= 0.3 is 0 Å². The first kappa shape index (κ1) is 18.2. The molecule has 3 rings (SSSR count). The Labute approximate surface area is 155 Å². The van der Waals surface area contributed by atoms with E-state index in [1.54, 1.807) is 12.5 Å². The Balaban J connectivity index is 1.74. The minimum Gasteiger partial charge on any atom is -0.350 e. The number of nitriles is 1. The van der Waals surface area contributed by atoms with E-state index in [4.69, 9.17) is 0 Å². The van der Waals surface area contributed by atoms with Gasteiger partial charge in [-0.2, -0.15) is 5.26 Å². The van der Waals surface area contributed by atoms with E-state index in [1.807, 2.05) is 6.20 Å². The third-order valence-electron chi connectivity index (χ3n) is 6.04. The number of nitrogens with one attached hydrogen (secondary N) is 1. The molecule has 1 N–H and O–H groups in total. The molecular formula is C20H26N6. The van der Waals surface area contributed by atoms with E-state index >= 15 is 0 Å². The minimum absolute atomic E-state index is 0.294. The van der Waals surface area contributed by atoms with Crippen molar-refractivity contribution in [2.45, 2.75) is 53.5 Å². The summed E-state index contributed by atoms with van der Waals surface area (Å²) in [4.78, 5) is 17.3. The summed E-state index contributed by atoms with van der Waals surface area (Å²) in [6, 6.07) is 2.23. The summed E-state index contributed by atoms with van der Waals surface area (Å²) in [6.07, 6.45) is 7.88. The van der Waals surface area contributed by atoms with E-state index in [1.165, 1.54) is 6.42 Å². The van der Waals surface area contributed by atoms with Crippen molar-refractivity contribution in [3.05, 3.63) is 41.2 Å². The largest absolute Gasteiger partial charge is 0.350 e. The normalized spacial score (nSPS) is 20.9. The maximum absolute atomic E-state index is 9.40. The summed E-state index contributed by atoms with van der Waals surface area (Å²) in [5.41, 5.74) is 3.77. The molecule has 0 unspecified atom stereocenters. The number of hydrogen-bond acceptors (Lipinski definition) is 6. The molecule has 6 nitrogen and oxygen atoms in total. The Morgan fingerprint density at radius 3 is 2.73 bits per heavy atom. The molecule has 1 aliphatic carbocycles. The van der Waals surface area contributed by atoms with Crippen molar-refractivity contribution in [2.24, 2.45) is 17.3 Å². The highest BCUT2D eigenvalue weighted by Crippen LogP contribution is 2.52. The van der Waals surface area contributed by atoms with Gasteiger partial charge in [0.25, 0.3) is 0 Å². The molecular weight excluding hydrogens is 324 g/mol. The van der Waals surface area contributed by atoms with Crippen molar-refractivity contribution in [1.29, 1.82) is 5.26 Å². The zero-order valence-corrected chi connectivity index (χ0v) is 16.0. The molecule has 0 saturated heterocycles. The van der Waals surface area contributed by atoms with Gasteiger partial charge in [-0.3, -0.25) is 0 Å². The van der Waals surface area contributed by atoms with Crippen LogP contribution in [-0.4, -0.2) is 19.9 Å². The molecule has 136 valence electrons. The quantitative estimate of drug-likeness (QED) is 0.857. The van der Waals surface area contributed by atoms with Crippen LogP contribution in [0.15, 0.2) is 18.7 Å². The molecule has 1 saturated carbocycles. The lowest BCUT2D eigenvalue weighted by atomic mass is 9.54. The number of aryl methyl sites for hydroxylation is 1. The van der Waals surface area contributed by atoms with E-state index < -0.39 is 0 Å². The topological polar surface area (TPSA) is 87.4 Å². The molecule has 2 aromatic heterocycles. The van der Waals surface area contributed by atoms with Crippen LogP contribution in [0, 0.1) is 28.6 Å². The fourth-order valence-electron chi connectivity index (χ4n) is 3.63. The molecule has 2 aromatic rings. The first-order valence-corrected chi connectivity index (χ1v) is 9.23. The lowest BCUT2D eigenvalue weighted by Crippen LogP contribution is -2.44. The highest BCUT2D eigenvalue weighted by atomic mass is 15.1. The Hall–Kier alpha value is -2.55. The highest BCUT2D eigenvalue weighted by Gasteiger charge is 2.45. The smallest absolute Gasteiger partial charge is 0.223 e. The Morgan fingerprint density at radius 1 is 1.27 bits per heavy atom. The van der Waals surface area contributed by atoms with Crippen molar-refractivity contribution in [1.82, 2.24) is 19.9 Å². The molecule has 26 heavy (non-hydrogen) atoms. The van der Waals surface area contributed by atoms with E-state index in [0.717, 1.165) is 29.8 Å². The summed E-state index contributed by atoms with van der Waals surface area (Å²) in [5, 5.41) is 12.7. The van der Waals surface area contributed by atoms with Gasteiger partial charge < -0.3 is 5.32 Å². The van der Waals surface area contributed by atoms with Crippen molar-refractivity contribution in [2.75, 3.05) is 5.32 Å². The highest BCUT2D eigenvalue weighted by molar-refractivity contribution is 5.38. The second kappa shape index (κ2) is 7.36. The summed E-state index contributed by atoms with van der Waals surface area (Å²) in [7, 11) is 0. The molecule has 0 radical (unpaired) electrons. The van der Waals surface area contributed by atoms with Crippen molar-refractivity contribution in [3.63, 3.8) is 0 Å². The maximum Gasteiger partial charge on any atom is 0.223 e. The average Bonchev–Trinajstić information content (AvgIpc) is 2.66. The van der Waals surface area contributed by atoms with E-state index in [9.17, 15) is 5.26 Å². The minimum atomic E-state index is 0.294. The molecule has 0 aromatic carbocycles. The number of anilines is 1. The fraction of sp³-hybridized carbons (Fsp3) is 0.550. The molecule has 6 heteroatoms. The summed E-state index contributed by atoms with van der Waals surface area (Å²) in [6.45, 7) is 9.55. The summed E-state index contributed by atoms with van der Waals surface area (Å²) >= 11 is 0. The van der Waals surface area contributed by atoms with Crippen LogP contribution in [-0.2, 0) is 19.4 Å². The SMILES string of the molecule is CCc1ncncc1CNc1ncc(C#N)c(C[C@H]2C[C@@H](C)C2(C)C)n1. The predicted molar refractivity (Wildman–Crippen MR) is 100 cm³/mol. The molecule has 1 aliphatic rings.